The molecule has 1 aliphatic heterocycles. The lowest BCUT2D eigenvalue weighted by molar-refractivity contribution is 0.00578. The van der Waals surface area contributed by atoms with E-state index in [1.165, 1.54) is 0 Å². The van der Waals surface area contributed by atoms with Crippen molar-refractivity contribution in [3.05, 3.63) is 76.9 Å². The van der Waals surface area contributed by atoms with Gasteiger partial charge in [-0.1, -0.05) is 51.9 Å². The molecule has 0 radical (unpaired) electrons. The maximum absolute atomic E-state index is 15.1. The van der Waals surface area contributed by atoms with E-state index >= 15 is 4.39 Å². The Morgan fingerprint density at radius 2 is 1.77 bits per heavy atom. The number of amides is 1. The zero-order valence-electron chi connectivity index (χ0n) is 29.3. The Hall–Kier alpha value is -4.14. The van der Waals surface area contributed by atoms with Crippen molar-refractivity contribution < 1.29 is 23.0 Å². The molecule has 48 heavy (non-hydrogen) atoms. The molecule has 0 bridgehead atoms. The van der Waals surface area contributed by atoms with Crippen LogP contribution in [0.3, 0.4) is 0 Å². The smallest absolute Gasteiger partial charge is 0.399 e. The second-order valence-corrected chi connectivity index (χ2v) is 13.5. The summed E-state index contributed by atoms with van der Waals surface area (Å²) in [6.45, 7) is 19.2. The van der Waals surface area contributed by atoms with Crippen molar-refractivity contribution in [1.29, 1.82) is 0 Å². The second-order valence-electron chi connectivity index (χ2n) is 13.2. The van der Waals surface area contributed by atoms with Gasteiger partial charge in [-0.15, -0.1) is 0 Å². The number of rotatable bonds is 5. The SMILES string of the molecule is CC.Cc1c(CNC(=O)c2noc(C(C)(C)C)n2)ccc(B2OC(C)(C)C(C)(C)O2)c1F.Cn1cc(-c2cc3nccn3c(Cl)n2)cn1. The Labute approximate surface area is 285 Å². The van der Waals surface area contributed by atoms with Gasteiger partial charge in [-0.2, -0.15) is 10.1 Å². The Bertz CT molecular complexity index is 1880. The number of hydrogen-bond acceptors (Lipinski definition) is 9. The molecule has 4 aromatic heterocycles. The number of hydrogen-bond donors (Lipinski definition) is 1. The van der Waals surface area contributed by atoms with E-state index in [0.717, 1.165) is 16.9 Å². The average Bonchev–Trinajstić information content (AvgIpc) is 3.82. The molecular formula is C33H43BClFN8O4. The molecule has 15 heteroatoms. The van der Waals surface area contributed by atoms with Crippen molar-refractivity contribution in [3.8, 4) is 11.3 Å². The lowest BCUT2D eigenvalue weighted by Gasteiger charge is -2.32. The van der Waals surface area contributed by atoms with Crippen molar-refractivity contribution in [2.24, 2.45) is 7.05 Å². The van der Waals surface area contributed by atoms with Gasteiger partial charge in [0.1, 0.15) is 11.5 Å². The molecule has 0 spiro atoms. The highest BCUT2D eigenvalue weighted by atomic mass is 35.5. The number of aryl methyl sites for hydroxylation is 1. The van der Waals surface area contributed by atoms with Crippen LogP contribution in [0.4, 0.5) is 4.39 Å². The van der Waals surface area contributed by atoms with Gasteiger partial charge in [0.25, 0.3) is 11.7 Å². The van der Waals surface area contributed by atoms with Crippen LogP contribution in [0.1, 0.15) is 90.0 Å². The van der Waals surface area contributed by atoms with Crippen LogP contribution in [0.25, 0.3) is 16.9 Å². The molecule has 1 aromatic carbocycles. The van der Waals surface area contributed by atoms with E-state index in [-0.39, 0.29) is 17.8 Å². The molecule has 0 unspecified atom stereocenters. The number of benzene rings is 1. The maximum Gasteiger partial charge on any atom is 0.497 e. The first-order valence-corrected chi connectivity index (χ1v) is 16.1. The van der Waals surface area contributed by atoms with Gasteiger partial charge < -0.3 is 19.1 Å². The molecule has 6 rings (SSSR count). The lowest BCUT2D eigenvalue weighted by Crippen LogP contribution is -2.41. The number of imidazole rings is 1. The number of nitrogens with zero attached hydrogens (tertiary/aromatic N) is 7. The zero-order valence-corrected chi connectivity index (χ0v) is 30.1. The minimum Gasteiger partial charge on any atom is -0.399 e. The summed E-state index contributed by atoms with van der Waals surface area (Å²) in [5, 5.41) is 10.9. The van der Waals surface area contributed by atoms with Crippen molar-refractivity contribution in [1.82, 2.24) is 39.6 Å². The second kappa shape index (κ2) is 14.2. The third-order valence-corrected chi connectivity index (χ3v) is 8.36. The predicted octanol–water partition coefficient (Wildman–Crippen LogP) is 5.85. The first-order chi connectivity index (χ1) is 22.5. The van der Waals surface area contributed by atoms with Crippen molar-refractivity contribution in [2.45, 2.75) is 92.4 Å². The summed E-state index contributed by atoms with van der Waals surface area (Å²) in [6.07, 6.45) is 7.10. The van der Waals surface area contributed by atoms with E-state index in [1.807, 2.05) is 81.6 Å². The van der Waals surface area contributed by atoms with E-state index < -0.39 is 30.0 Å². The Balaban J connectivity index is 0.000000241. The molecule has 5 aromatic rings. The van der Waals surface area contributed by atoms with Crippen molar-refractivity contribution >= 4 is 35.7 Å². The molecule has 0 aliphatic carbocycles. The number of aromatic nitrogens is 7. The van der Waals surface area contributed by atoms with Gasteiger partial charge in [0.2, 0.25) is 11.2 Å². The van der Waals surface area contributed by atoms with Crippen LogP contribution >= 0.6 is 11.6 Å². The zero-order chi connectivity index (χ0) is 35.6. The number of fused-ring (bicyclic) bond motifs is 1. The molecule has 256 valence electrons. The van der Waals surface area contributed by atoms with Crippen LogP contribution in [-0.2, 0) is 28.3 Å². The van der Waals surface area contributed by atoms with E-state index in [0.29, 0.717) is 27.8 Å². The van der Waals surface area contributed by atoms with Crippen molar-refractivity contribution in [2.75, 3.05) is 0 Å². The van der Waals surface area contributed by atoms with E-state index in [1.54, 1.807) is 46.7 Å². The normalized spacial score (nSPS) is 15.1. The molecule has 5 heterocycles. The first kappa shape index (κ1) is 36.7. The lowest BCUT2D eigenvalue weighted by atomic mass is 9.77. The van der Waals surface area contributed by atoms with Crippen LogP contribution < -0.4 is 10.8 Å². The van der Waals surface area contributed by atoms with Gasteiger partial charge >= 0.3 is 7.12 Å². The molecule has 1 fully saturated rings. The fourth-order valence-corrected chi connectivity index (χ4v) is 4.79. The van der Waals surface area contributed by atoms with Crippen LogP contribution in [0.5, 0.6) is 0 Å². The minimum atomic E-state index is -0.785. The molecule has 0 saturated carbocycles. The van der Waals surface area contributed by atoms with E-state index in [2.05, 4.69) is 30.5 Å². The minimum absolute atomic E-state index is 0.0492. The fourth-order valence-electron chi connectivity index (χ4n) is 4.55. The highest BCUT2D eigenvalue weighted by molar-refractivity contribution is 6.62. The molecule has 12 nitrogen and oxygen atoms in total. The Morgan fingerprint density at radius 3 is 2.35 bits per heavy atom. The van der Waals surface area contributed by atoms with E-state index in [4.69, 9.17) is 25.4 Å². The van der Waals surface area contributed by atoms with Gasteiger partial charge in [-0.3, -0.25) is 13.9 Å². The molecule has 1 N–H and O–H groups in total. The number of carbonyl (C=O) groups is 1. The van der Waals surface area contributed by atoms with E-state index in [9.17, 15) is 4.79 Å². The Morgan fingerprint density at radius 1 is 1.10 bits per heavy atom. The summed E-state index contributed by atoms with van der Waals surface area (Å²) in [5.41, 5.74) is 2.42. The quantitative estimate of drug-likeness (QED) is 0.179. The number of nitrogens with one attached hydrogen (secondary N) is 1. The molecule has 1 saturated heterocycles. The molecule has 1 amide bonds. The van der Waals surface area contributed by atoms with Crippen molar-refractivity contribution in [3.63, 3.8) is 0 Å². The Kier molecular flexibility index (Phi) is 10.8. The first-order valence-electron chi connectivity index (χ1n) is 15.7. The summed E-state index contributed by atoms with van der Waals surface area (Å²) < 4.78 is 35.6. The fraction of sp³-hybridized carbons (Fsp3) is 0.455. The summed E-state index contributed by atoms with van der Waals surface area (Å²) in [4.78, 5) is 25.0. The molecule has 0 atom stereocenters. The summed E-state index contributed by atoms with van der Waals surface area (Å²) >= 11 is 6.04. The maximum atomic E-state index is 15.1. The third-order valence-electron chi connectivity index (χ3n) is 8.09. The highest BCUT2D eigenvalue weighted by Crippen LogP contribution is 2.37. The average molecular weight is 681 g/mol. The monoisotopic (exact) mass is 680 g/mol. The van der Waals surface area contributed by atoms with Gasteiger partial charge in [0, 0.05) is 54.7 Å². The van der Waals surface area contributed by atoms with Gasteiger partial charge in [0.15, 0.2) is 0 Å². The standard InChI is InChI=1S/C21H29BFN3O4.C10H8ClN5.C2H6/c1-12-13(11-24-17(27)16-25-18(28-26-16)19(2,3)4)9-10-14(15(12)23)22-29-20(5,6)21(7,8)30-22;1-15-6-7(5-13-15)8-4-9-12-2-3-16(9)10(11)14-8;1-2/h9-10H,11H2,1-8H3,(H,24,27);2-6H,1H3;1-2H3. The topological polar surface area (TPSA) is 134 Å². The summed E-state index contributed by atoms with van der Waals surface area (Å²) in [5.74, 6) is -0.563. The van der Waals surface area contributed by atoms with Gasteiger partial charge in [-0.25, -0.2) is 14.4 Å². The van der Waals surface area contributed by atoms with Crippen LogP contribution in [0.15, 0.2) is 47.5 Å². The number of halogens is 2. The highest BCUT2D eigenvalue weighted by Gasteiger charge is 2.52. The molecular weight excluding hydrogens is 638 g/mol. The summed E-state index contributed by atoms with van der Waals surface area (Å²) in [6, 6.07) is 5.27. The summed E-state index contributed by atoms with van der Waals surface area (Å²) in [7, 11) is 1.08. The van der Waals surface area contributed by atoms with Crippen LogP contribution in [0.2, 0.25) is 5.28 Å². The van der Waals surface area contributed by atoms with Crippen LogP contribution in [-0.4, -0.2) is 58.5 Å². The number of carbonyl (C=O) groups excluding carboxylic acids is 1. The molecule has 1 aliphatic rings. The van der Waals surface area contributed by atoms with Gasteiger partial charge in [0.05, 0.1) is 23.1 Å². The predicted molar refractivity (Wildman–Crippen MR) is 183 cm³/mol. The third kappa shape index (κ3) is 7.77. The van der Waals surface area contributed by atoms with Crippen LogP contribution in [0, 0.1) is 12.7 Å². The largest absolute Gasteiger partial charge is 0.497 e. The van der Waals surface area contributed by atoms with Gasteiger partial charge in [-0.05, 0) is 57.3 Å².